The number of nitrogens with zero attached hydrogens (tertiary/aromatic N) is 1. The topological polar surface area (TPSA) is 43.1 Å². The lowest BCUT2D eigenvalue weighted by molar-refractivity contribution is -0.562. The maximum absolute atomic E-state index is 10.8. The van der Waals surface area contributed by atoms with Gasteiger partial charge in [-0.15, -0.1) is 0 Å². The van der Waals surface area contributed by atoms with Crippen LogP contribution in [0.5, 0.6) is 0 Å². The van der Waals surface area contributed by atoms with Gasteiger partial charge in [0.2, 0.25) is 5.54 Å². The van der Waals surface area contributed by atoms with Crippen LogP contribution in [-0.4, -0.2) is 10.5 Å². The predicted molar refractivity (Wildman–Crippen MR) is 71.9 cm³/mol. The lowest BCUT2D eigenvalue weighted by atomic mass is 9.88. The molecule has 0 fully saturated rings. The standard InChI is InChI=1S/C12H17NO2.C2H6/c1-10(9-12(2,3)13(14)15)11-7-5-4-6-8-11;1-2/h4-8,10H,9H2,1-3H3;1-2H3. The SMILES string of the molecule is CC.CC(CC(C)(C)[N+](=O)[O-])c1ccccc1. The van der Waals surface area contributed by atoms with E-state index in [0.29, 0.717) is 6.42 Å². The van der Waals surface area contributed by atoms with Crippen LogP contribution in [0.25, 0.3) is 0 Å². The van der Waals surface area contributed by atoms with E-state index in [9.17, 15) is 10.1 Å². The number of nitro groups is 1. The number of benzene rings is 1. The summed E-state index contributed by atoms with van der Waals surface area (Å²) >= 11 is 0. The zero-order valence-corrected chi connectivity index (χ0v) is 11.4. The van der Waals surface area contributed by atoms with Gasteiger partial charge in [0, 0.05) is 25.2 Å². The molecule has 0 aromatic heterocycles. The zero-order chi connectivity index (χ0) is 13.5. The smallest absolute Gasteiger partial charge is 0.217 e. The van der Waals surface area contributed by atoms with Gasteiger partial charge in [-0.25, -0.2) is 0 Å². The van der Waals surface area contributed by atoms with Crippen LogP contribution in [-0.2, 0) is 0 Å². The Bertz CT molecular complexity index is 333. The summed E-state index contributed by atoms with van der Waals surface area (Å²) < 4.78 is 0. The van der Waals surface area contributed by atoms with E-state index in [1.165, 1.54) is 0 Å². The Hall–Kier alpha value is -1.38. The molecule has 0 spiro atoms. The van der Waals surface area contributed by atoms with E-state index < -0.39 is 5.54 Å². The third-order valence-corrected chi connectivity index (χ3v) is 2.67. The van der Waals surface area contributed by atoms with E-state index in [1.807, 2.05) is 51.1 Å². The zero-order valence-electron chi connectivity index (χ0n) is 11.4. The summed E-state index contributed by atoms with van der Waals surface area (Å²) in [4.78, 5) is 10.6. The second-order valence-electron chi connectivity index (χ2n) is 4.59. The Morgan fingerprint density at radius 1 is 1.24 bits per heavy atom. The summed E-state index contributed by atoms with van der Waals surface area (Å²) in [6.07, 6.45) is 0.560. The van der Waals surface area contributed by atoms with E-state index in [1.54, 1.807) is 13.8 Å². The molecule has 0 aliphatic rings. The fourth-order valence-electron chi connectivity index (χ4n) is 1.72. The van der Waals surface area contributed by atoms with Crippen molar-refractivity contribution in [2.24, 2.45) is 0 Å². The third kappa shape index (κ3) is 4.98. The molecular weight excluding hydrogens is 214 g/mol. The van der Waals surface area contributed by atoms with Gasteiger partial charge in [-0.1, -0.05) is 51.1 Å². The molecule has 0 N–H and O–H groups in total. The van der Waals surface area contributed by atoms with Crippen molar-refractivity contribution in [3.8, 4) is 0 Å². The molecule has 1 aromatic rings. The quantitative estimate of drug-likeness (QED) is 0.580. The van der Waals surface area contributed by atoms with E-state index in [4.69, 9.17) is 0 Å². The fraction of sp³-hybridized carbons (Fsp3) is 0.571. The summed E-state index contributed by atoms with van der Waals surface area (Å²) in [6, 6.07) is 9.91. The van der Waals surface area contributed by atoms with Crippen molar-refractivity contribution in [1.29, 1.82) is 0 Å². The van der Waals surface area contributed by atoms with Crippen LogP contribution in [0.4, 0.5) is 0 Å². The average Bonchev–Trinajstić information content (AvgIpc) is 2.32. The second-order valence-corrected chi connectivity index (χ2v) is 4.59. The molecule has 0 heterocycles. The average molecular weight is 237 g/mol. The fourth-order valence-corrected chi connectivity index (χ4v) is 1.72. The van der Waals surface area contributed by atoms with Crippen LogP contribution in [0.3, 0.4) is 0 Å². The Balaban J connectivity index is 0.00000121. The molecule has 0 aliphatic carbocycles. The summed E-state index contributed by atoms with van der Waals surface area (Å²) in [5.41, 5.74) is 0.308. The van der Waals surface area contributed by atoms with Gasteiger partial charge >= 0.3 is 0 Å². The van der Waals surface area contributed by atoms with Gasteiger partial charge in [0.15, 0.2) is 0 Å². The maximum atomic E-state index is 10.8. The Morgan fingerprint density at radius 2 is 1.71 bits per heavy atom. The maximum Gasteiger partial charge on any atom is 0.217 e. The largest absolute Gasteiger partial charge is 0.264 e. The van der Waals surface area contributed by atoms with Crippen molar-refractivity contribution in [2.75, 3.05) is 0 Å². The predicted octanol–water partition coefficient (Wildman–Crippen LogP) is 4.26. The molecule has 0 saturated heterocycles. The highest BCUT2D eigenvalue weighted by Crippen LogP contribution is 2.27. The van der Waals surface area contributed by atoms with E-state index in [-0.39, 0.29) is 10.8 Å². The molecule has 1 unspecified atom stereocenters. The van der Waals surface area contributed by atoms with Crippen molar-refractivity contribution >= 4 is 0 Å². The molecular formula is C14H23NO2. The van der Waals surface area contributed by atoms with Gasteiger partial charge in [0.1, 0.15) is 0 Å². The van der Waals surface area contributed by atoms with Crippen molar-refractivity contribution in [1.82, 2.24) is 0 Å². The first-order valence-electron chi connectivity index (χ1n) is 6.13. The highest BCUT2D eigenvalue weighted by molar-refractivity contribution is 5.19. The molecule has 3 nitrogen and oxygen atoms in total. The Labute approximate surface area is 104 Å². The van der Waals surface area contributed by atoms with E-state index in [0.717, 1.165) is 5.56 Å². The Morgan fingerprint density at radius 3 is 2.12 bits per heavy atom. The lowest BCUT2D eigenvalue weighted by Crippen LogP contribution is -2.32. The van der Waals surface area contributed by atoms with Gasteiger partial charge in [-0.3, -0.25) is 10.1 Å². The molecule has 1 rings (SSSR count). The first-order valence-corrected chi connectivity index (χ1v) is 6.13. The van der Waals surface area contributed by atoms with Crippen molar-refractivity contribution < 1.29 is 4.92 Å². The van der Waals surface area contributed by atoms with Crippen LogP contribution in [0.15, 0.2) is 30.3 Å². The summed E-state index contributed by atoms with van der Waals surface area (Å²) in [5, 5.41) is 10.8. The molecule has 3 heteroatoms. The number of hydrogen-bond acceptors (Lipinski definition) is 2. The minimum Gasteiger partial charge on any atom is -0.264 e. The van der Waals surface area contributed by atoms with Crippen LogP contribution >= 0.6 is 0 Å². The van der Waals surface area contributed by atoms with E-state index in [2.05, 4.69) is 0 Å². The molecule has 0 aliphatic heterocycles. The van der Waals surface area contributed by atoms with Crippen molar-refractivity contribution in [2.45, 2.75) is 52.5 Å². The van der Waals surface area contributed by atoms with Gasteiger partial charge in [0.25, 0.3) is 0 Å². The summed E-state index contributed by atoms with van der Waals surface area (Å²) in [5.74, 6) is 0.214. The number of hydrogen-bond donors (Lipinski definition) is 0. The van der Waals surface area contributed by atoms with Gasteiger partial charge in [-0.05, 0) is 11.5 Å². The normalized spacial score (nSPS) is 12.3. The van der Waals surface area contributed by atoms with E-state index >= 15 is 0 Å². The summed E-state index contributed by atoms with van der Waals surface area (Å²) in [6.45, 7) is 9.37. The highest BCUT2D eigenvalue weighted by atomic mass is 16.6. The molecule has 1 atom stereocenters. The van der Waals surface area contributed by atoms with Gasteiger partial charge in [-0.2, -0.15) is 0 Å². The van der Waals surface area contributed by atoms with Crippen molar-refractivity contribution in [3.05, 3.63) is 46.0 Å². The van der Waals surface area contributed by atoms with Gasteiger partial charge in [0.05, 0.1) is 0 Å². The van der Waals surface area contributed by atoms with Crippen LogP contribution in [0, 0.1) is 10.1 Å². The molecule has 0 radical (unpaired) electrons. The highest BCUT2D eigenvalue weighted by Gasteiger charge is 2.32. The van der Waals surface area contributed by atoms with Gasteiger partial charge < -0.3 is 0 Å². The second kappa shape index (κ2) is 7.05. The van der Waals surface area contributed by atoms with Crippen LogP contribution < -0.4 is 0 Å². The minimum absolute atomic E-state index is 0.202. The molecule has 96 valence electrons. The van der Waals surface area contributed by atoms with Crippen molar-refractivity contribution in [3.63, 3.8) is 0 Å². The lowest BCUT2D eigenvalue weighted by Gasteiger charge is -2.20. The summed E-state index contributed by atoms with van der Waals surface area (Å²) in [7, 11) is 0. The van der Waals surface area contributed by atoms with Crippen LogP contribution in [0.1, 0.15) is 52.5 Å². The first kappa shape index (κ1) is 15.6. The monoisotopic (exact) mass is 237 g/mol. The molecule has 0 saturated carbocycles. The third-order valence-electron chi connectivity index (χ3n) is 2.67. The Kier molecular flexibility index (Phi) is 6.47. The first-order chi connectivity index (χ1) is 7.93. The molecule has 1 aromatic carbocycles. The minimum atomic E-state index is -0.852. The number of rotatable bonds is 4. The molecule has 0 bridgehead atoms. The molecule has 17 heavy (non-hydrogen) atoms. The molecule has 0 amide bonds. The van der Waals surface area contributed by atoms with Crippen LogP contribution in [0.2, 0.25) is 0 Å².